The van der Waals surface area contributed by atoms with E-state index in [0.29, 0.717) is 31.0 Å². The van der Waals surface area contributed by atoms with Gasteiger partial charge in [-0.25, -0.2) is 8.78 Å². The van der Waals surface area contributed by atoms with E-state index >= 15 is 0 Å². The zero-order valence-electron chi connectivity index (χ0n) is 15.4. The van der Waals surface area contributed by atoms with Gasteiger partial charge in [0.25, 0.3) is 0 Å². The van der Waals surface area contributed by atoms with Gasteiger partial charge < -0.3 is 15.2 Å². The van der Waals surface area contributed by atoms with Crippen LogP contribution in [0, 0.1) is 25.5 Å². The third kappa shape index (κ3) is 5.93. The molecule has 2 aromatic rings. The van der Waals surface area contributed by atoms with Gasteiger partial charge in [-0.1, -0.05) is 11.2 Å². The van der Waals surface area contributed by atoms with Gasteiger partial charge in [-0.2, -0.15) is 0 Å². The fourth-order valence-electron chi connectivity index (χ4n) is 2.59. The number of nitrogens with zero attached hydrogens (tertiary/aromatic N) is 2. The first-order chi connectivity index (χ1) is 11.9. The lowest BCUT2D eigenvalue weighted by Crippen LogP contribution is -2.39. The topological polar surface area (TPSA) is 62.5 Å². The molecule has 2 N–H and O–H groups in total. The highest BCUT2D eigenvalue weighted by molar-refractivity contribution is 14.0. The predicted molar refractivity (Wildman–Crippen MR) is 109 cm³/mol. The average Bonchev–Trinajstić information content (AvgIpc) is 2.86. The third-order valence-electron chi connectivity index (χ3n) is 3.94. The molecule has 1 aromatic carbocycles. The molecule has 144 valence electrons. The van der Waals surface area contributed by atoms with Crippen LogP contribution in [-0.4, -0.2) is 24.2 Å². The molecule has 1 heterocycles. The van der Waals surface area contributed by atoms with Gasteiger partial charge in [0.15, 0.2) is 5.96 Å². The van der Waals surface area contributed by atoms with E-state index in [0.717, 1.165) is 23.1 Å². The van der Waals surface area contributed by atoms with Crippen LogP contribution in [0.4, 0.5) is 8.78 Å². The van der Waals surface area contributed by atoms with Gasteiger partial charge in [-0.05, 0) is 40.2 Å². The summed E-state index contributed by atoms with van der Waals surface area (Å²) < 4.78 is 32.1. The number of aliphatic imine (C=N–C) groups is 1. The van der Waals surface area contributed by atoms with E-state index in [4.69, 9.17) is 4.52 Å². The maximum absolute atomic E-state index is 13.9. The Morgan fingerprint density at radius 2 is 2.04 bits per heavy atom. The number of halogens is 3. The highest BCUT2D eigenvalue weighted by Gasteiger charge is 2.13. The number of benzene rings is 1. The second kappa shape index (κ2) is 10.4. The second-order valence-electron chi connectivity index (χ2n) is 5.85. The van der Waals surface area contributed by atoms with Gasteiger partial charge in [-0.3, -0.25) is 4.99 Å². The van der Waals surface area contributed by atoms with E-state index in [-0.39, 0.29) is 30.0 Å². The quantitative estimate of drug-likeness (QED) is 0.374. The van der Waals surface area contributed by atoms with E-state index in [9.17, 15) is 8.78 Å². The Morgan fingerprint density at radius 3 is 2.62 bits per heavy atom. The minimum atomic E-state index is -0.589. The van der Waals surface area contributed by atoms with Gasteiger partial charge in [-0.15, -0.1) is 24.0 Å². The molecule has 0 fully saturated rings. The molecule has 1 aromatic heterocycles. The number of aromatic nitrogens is 1. The Labute approximate surface area is 169 Å². The average molecular weight is 478 g/mol. The molecular weight excluding hydrogens is 453 g/mol. The van der Waals surface area contributed by atoms with Crippen molar-refractivity contribution in [2.75, 3.05) is 13.1 Å². The minimum absolute atomic E-state index is 0. The highest BCUT2D eigenvalue weighted by Crippen LogP contribution is 2.17. The molecule has 0 bridgehead atoms. The van der Waals surface area contributed by atoms with Crippen LogP contribution in [0.3, 0.4) is 0 Å². The van der Waals surface area contributed by atoms with E-state index in [1.54, 1.807) is 6.92 Å². The normalized spacial score (nSPS) is 12.5. The molecule has 0 aliphatic heterocycles. The summed E-state index contributed by atoms with van der Waals surface area (Å²) in [5.41, 5.74) is 2.31. The number of hydrogen-bond donors (Lipinski definition) is 2. The number of aryl methyl sites for hydroxylation is 2. The SMILES string of the molecule is CCNC(=NCCc1c(C)noc1C)NC(C)c1ccc(F)cc1F.I. The van der Waals surface area contributed by atoms with E-state index < -0.39 is 11.6 Å². The summed E-state index contributed by atoms with van der Waals surface area (Å²) in [6.45, 7) is 8.75. The first-order valence-electron chi connectivity index (χ1n) is 8.34. The van der Waals surface area contributed by atoms with Crippen LogP contribution in [0.1, 0.15) is 42.5 Å². The monoisotopic (exact) mass is 478 g/mol. The van der Waals surface area contributed by atoms with Crippen molar-refractivity contribution in [3.63, 3.8) is 0 Å². The van der Waals surface area contributed by atoms with Crippen LogP contribution in [-0.2, 0) is 6.42 Å². The van der Waals surface area contributed by atoms with Gasteiger partial charge in [0.05, 0.1) is 11.7 Å². The van der Waals surface area contributed by atoms with Crippen molar-refractivity contribution in [1.82, 2.24) is 15.8 Å². The molecule has 0 radical (unpaired) electrons. The lowest BCUT2D eigenvalue weighted by Gasteiger charge is -2.18. The Balaban J connectivity index is 0.00000338. The highest BCUT2D eigenvalue weighted by atomic mass is 127. The van der Waals surface area contributed by atoms with Gasteiger partial charge in [0.2, 0.25) is 0 Å². The van der Waals surface area contributed by atoms with Crippen molar-refractivity contribution in [1.29, 1.82) is 0 Å². The molecule has 0 saturated heterocycles. The molecule has 5 nitrogen and oxygen atoms in total. The second-order valence-corrected chi connectivity index (χ2v) is 5.85. The maximum atomic E-state index is 13.9. The molecule has 0 saturated carbocycles. The fraction of sp³-hybridized carbons (Fsp3) is 0.444. The van der Waals surface area contributed by atoms with Gasteiger partial charge in [0.1, 0.15) is 17.4 Å². The summed E-state index contributed by atoms with van der Waals surface area (Å²) in [5.74, 6) is 0.206. The molecule has 26 heavy (non-hydrogen) atoms. The van der Waals surface area contributed by atoms with Crippen LogP contribution in [0.25, 0.3) is 0 Å². The van der Waals surface area contributed by atoms with Gasteiger partial charge in [0, 0.05) is 30.3 Å². The van der Waals surface area contributed by atoms with Crippen LogP contribution in [0.15, 0.2) is 27.7 Å². The first-order valence-corrected chi connectivity index (χ1v) is 8.34. The number of nitrogens with one attached hydrogen (secondary N) is 2. The standard InChI is InChI=1S/C18H24F2N4O.HI/c1-5-21-18(22-9-8-15-12(3)24-25-13(15)4)23-11(2)16-7-6-14(19)10-17(16)20;/h6-7,10-11H,5,8-9H2,1-4H3,(H2,21,22,23);1H. The summed E-state index contributed by atoms with van der Waals surface area (Å²) in [7, 11) is 0. The fourth-order valence-corrected chi connectivity index (χ4v) is 2.59. The minimum Gasteiger partial charge on any atom is -0.361 e. The molecular formula is C18H25F2IN4O. The summed E-state index contributed by atoms with van der Waals surface area (Å²) in [4.78, 5) is 4.51. The number of rotatable bonds is 6. The van der Waals surface area contributed by atoms with Crippen molar-refractivity contribution in [2.45, 2.75) is 40.2 Å². The van der Waals surface area contributed by atoms with Crippen molar-refractivity contribution in [3.8, 4) is 0 Å². The lowest BCUT2D eigenvalue weighted by molar-refractivity contribution is 0.392. The maximum Gasteiger partial charge on any atom is 0.191 e. The van der Waals surface area contributed by atoms with Gasteiger partial charge >= 0.3 is 0 Å². The van der Waals surface area contributed by atoms with Crippen LogP contribution in [0.2, 0.25) is 0 Å². The molecule has 2 rings (SSSR count). The number of guanidine groups is 1. The van der Waals surface area contributed by atoms with Crippen LogP contribution < -0.4 is 10.6 Å². The van der Waals surface area contributed by atoms with Crippen molar-refractivity contribution in [3.05, 3.63) is 52.4 Å². The smallest absolute Gasteiger partial charge is 0.191 e. The third-order valence-corrected chi connectivity index (χ3v) is 3.94. The zero-order valence-corrected chi connectivity index (χ0v) is 17.7. The molecule has 8 heteroatoms. The predicted octanol–water partition coefficient (Wildman–Crippen LogP) is 4.05. The van der Waals surface area contributed by atoms with E-state index in [1.165, 1.54) is 12.1 Å². The summed E-state index contributed by atoms with van der Waals surface area (Å²) in [6.07, 6.45) is 0.705. The van der Waals surface area contributed by atoms with Crippen LogP contribution in [0.5, 0.6) is 0 Å². The Hall–Kier alpha value is -1.71. The molecule has 1 atom stereocenters. The Kier molecular flexibility index (Phi) is 8.97. The molecule has 0 spiro atoms. The largest absolute Gasteiger partial charge is 0.361 e. The summed E-state index contributed by atoms with van der Waals surface area (Å²) >= 11 is 0. The van der Waals surface area contributed by atoms with Crippen molar-refractivity contribution >= 4 is 29.9 Å². The summed E-state index contributed by atoms with van der Waals surface area (Å²) in [5, 5.41) is 10.2. The van der Waals surface area contributed by atoms with Crippen molar-refractivity contribution < 1.29 is 13.3 Å². The molecule has 0 amide bonds. The molecule has 0 aliphatic rings. The summed E-state index contributed by atoms with van der Waals surface area (Å²) in [6, 6.07) is 3.22. The Morgan fingerprint density at radius 1 is 1.31 bits per heavy atom. The van der Waals surface area contributed by atoms with E-state index in [2.05, 4.69) is 20.8 Å². The lowest BCUT2D eigenvalue weighted by atomic mass is 10.1. The number of hydrogen-bond acceptors (Lipinski definition) is 3. The van der Waals surface area contributed by atoms with E-state index in [1.807, 2.05) is 20.8 Å². The molecule has 1 unspecified atom stereocenters. The Bertz CT molecular complexity index is 729. The van der Waals surface area contributed by atoms with Crippen LogP contribution >= 0.6 is 24.0 Å². The first kappa shape index (κ1) is 22.3. The van der Waals surface area contributed by atoms with Crippen molar-refractivity contribution in [2.24, 2.45) is 4.99 Å². The molecule has 0 aliphatic carbocycles. The zero-order chi connectivity index (χ0) is 18.4.